The van der Waals surface area contributed by atoms with Crippen molar-refractivity contribution in [2.24, 2.45) is 5.73 Å². The van der Waals surface area contributed by atoms with Crippen molar-refractivity contribution >= 4 is 0 Å². The van der Waals surface area contributed by atoms with Crippen molar-refractivity contribution in [2.75, 3.05) is 13.1 Å². The Kier molecular flexibility index (Phi) is 4.47. The summed E-state index contributed by atoms with van der Waals surface area (Å²) in [6.45, 7) is 5.48. The quantitative estimate of drug-likeness (QED) is 0.804. The van der Waals surface area contributed by atoms with Crippen LogP contribution >= 0.6 is 0 Å². The normalized spacial score (nSPS) is 20.1. The number of nitrogens with zero attached hydrogens (tertiary/aromatic N) is 1. The van der Waals surface area contributed by atoms with Crippen LogP contribution < -0.4 is 11.9 Å². The van der Waals surface area contributed by atoms with Gasteiger partial charge in [-0.2, -0.15) is 0 Å². The van der Waals surface area contributed by atoms with E-state index in [4.69, 9.17) is 5.73 Å². The Morgan fingerprint density at radius 2 is 1.75 bits per heavy atom. The van der Waals surface area contributed by atoms with Gasteiger partial charge in [0, 0.05) is 25.2 Å². The fourth-order valence-corrected chi connectivity index (χ4v) is 2.06. The van der Waals surface area contributed by atoms with Crippen LogP contribution in [-0.2, 0) is 6.54 Å². The van der Waals surface area contributed by atoms with E-state index in [0.717, 1.165) is 32.5 Å². The SMILES string of the molecule is CC1(N)CCN(Cc2ccccc2)CC1.N. The fraction of sp³-hybridized carbons (Fsp3) is 0.538. The molecule has 0 bridgehead atoms. The Balaban J connectivity index is 0.00000128. The maximum Gasteiger partial charge on any atom is 0.0233 e. The third-order valence-electron chi connectivity index (χ3n) is 3.25. The fourth-order valence-electron chi connectivity index (χ4n) is 2.06. The van der Waals surface area contributed by atoms with Crippen LogP contribution in [0.3, 0.4) is 0 Å². The van der Waals surface area contributed by atoms with E-state index < -0.39 is 0 Å². The second-order valence-corrected chi connectivity index (χ2v) is 4.92. The van der Waals surface area contributed by atoms with E-state index in [0.29, 0.717) is 0 Å². The molecule has 3 heteroatoms. The number of rotatable bonds is 2. The molecule has 0 aliphatic carbocycles. The second-order valence-electron chi connectivity index (χ2n) is 4.92. The highest BCUT2D eigenvalue weighted by molar-refractivity contribution is 5.14. The minimum atomic E-state index is 0. The van der Waals surface area contributed by atoms with Gasteiger partial charge >= 0.3 is 0 Å². The zero-order chi connectivity index (χ0) is 10.7. The van der Waals surface area contributed by atoms with Gasteiger partial charge in [0.15, 0.2) is 0 Å². The molecule has 1 aliphatic heterocycles. The minimum Gasteiger partial charge on any atom is -0.344 e. The molecule has 3 nitrogen and oxygen atoms in total. The van der Waals surface area contributed by atoms with Gasteiger partial charge in [-0.1, -0.05) is 30.3 Å². The summed E-state index contributed by atoms with van der Waals surface area (Å²) in [4.78, 5) is 2.49. The van der Waals surface area contributed by atoms with Crippen molar-refractivity contribution in [3.05, 3.63) is 35.9 Å². The predicted molar refractivity (Wildman–Crippen MR) is 68.6 cm³/mol. The highest BCUT2D eigenvalue weighted by atomic mass is 15.1. The average molecular weight is 221 g/mol. The average Bonchev–Trinajstić information content (AvgIpc) is 2.23. The van der Waals surface area contributed by atoms with Gasteiger partial charge in [0.1, 0.15) is 0 Å². The molecule has 5 N–H and O–H groups in total. The largest absolute Gasteiger partial charge is 0.344 e. The molecule has 0 atom stereocenters. The van der Waals surface area contributed by atoms with Crippen molar-refractivity contribution in [2.45, 2.75) is 31.8 Å². The molecule has 0 amide bonds. The van der Waals surface area contributed by atoms with Gasteiger partial charge in [-0.3, -0.25) is 4.90 Å². The molecule has 0 saturated carbocycles. The smallest absolute Gasteiger partial charge is 0.0233 e. The third kappa shape index (κ3) is 3.59. The van der Waals surface area contributed by atoms with Gasteiger partial charge in [-0.15, -0.1) is 0 Å². The minimum absolute atomic E-state index is 0. The van der Waals surface area contributed by atoms with E-state index in [1.807, 2.05) is 0 Å². The third-order valence-corrected chi connectivity index (χ3v) is 3.25. The Bertz CT molecular complexity index is 298. The molecule has 0 aromatic heterocycles. The van der Waals surface area contributed by atoms with Crippen molar-refractivity contribution in [1.29, 1.82) is 0 Å². The summed E-state index contributed by atoms with van der Waals surface area (Å²) in [5, 5.41) is 0. The molecule has 1 aromatic rings. The Labute approximate surface area is 98.2 Å². The molecule has 1 aliphatic rings. The molecule has 1 fully saturated rings. The van der Waals surface area contributed by atoms with Crippen molar-refractivity contribution in [1.82, 2.24) is 11.1 Å². The Hall–Kier alpha value is -0.900. The maximum absolute atomic E-state index is 6.11. The van der Waals surface area contributed by atoms with Crippen LogP contribution in [0.4, 0.5) is 0 Å². The van der Waals surface area contributed by atoms with Crippen LogP contribution in [0.15, 0.2) is 30.3 Å². The summed E-state index contributed by atoms with van der Waals surface area (Å²) in [6.07, 6.45) is 2.22. The molecule has 1 heterocycles. The van der Waals surface area contributed by atoms with Crippen LogP contribution in [0.2, 0.25) is 0 Å². The number of likely N-dealkylation sites (tertiary alicyclic amines) is 1. The number of nitrogens with two attached hydrogens (primary N) is 1. The van der Waals surface area contributed by atoms with E-state index in [-0.39, 0.29) is 11.7 Å². The second kappa shape index (κ2) is 5.43. The first-order valence-corrected chi connectivity index (χ1v) is 5.71. The lowest BCUT2D eigenvalue weighted by Gasteiger charge is -2.36. The molecular formula is C13H23N3. The summed E-state index contributed by atoms with van der Waals surface area (Å²) in [6, 6.07) is 10.7. The van der Waals surface area contributed by atoms with Crippen LogP contribution in [0, 0.1) is 0 Å². The molecule has 0 unspecified atom stereocenters. The predicted octanol–water partition coefficient (Wildman–Crippen LogP) is 2.16. The molecule has 16 heavy (non-hydrogen) atoms. The zero-order valence-corrected chi connectivity index (χ0v) is 10.2. The van der Waals surface area contributed by atoms with Gasteiger partial charge in [-0.25, -0.2) is 0 Å². The van der Waals surface area contributed by atoms with Crippen LogP contribution in [0.1, 0.15) is 25.3 Å². The summed E-state index contributed by atoms with van der Waals surface area (Å²) in [7, 11) is 0. The highest BCUT2D eigenvalue weighted by Gasteiger charge is 2.25. The summed E-state index contributed by atoms with van der Waals surface area (Å²) < 4.78 is 0. The first kappa shape index (κ1) is 13.2. The van der Waals surface area contributed by atoms with Gasteiger partial charge in [0.2, 0.25) is 0 Å². The lowest BCUT2D eigenvalue weighted by molar-refractivity contribution is 0.165. The first-order chi connectivity index (χ1) is 7.16. The molecule has 0 radical (unpaired) electrons. The molecule has 1 saturated heterocycles. The Morgan fingerprint density at radius 3 is 2.31 bits per heavy atom. The van der Waals surface area contributed by atoms with E-state index in [1.54, 1.807) is 0 Å². The first-order valence-electron chi connectivity index (χ1n) is 5.71. The highest BCUT2D eigenvalue weighted by Crippen LogP contribution is 2.20. The van der Waals surface area contributed by atoms with E-state index in [9.17, 15) is 0 Å². The zero-order valence-electron chi connectivity index (χ0n) is 10.2. The van der Waals surface area contributed by atoms with Crippen molar-refractivity contribution in [3.8, 4) is 0 Å². The lowest BCUT2D eigenvalue weighted by Crippen LogP contribution is -2.47. The topological polar surface area (TPSA) is 64.3 Å². The van der Waals surface area contributed by atoms with Crippen LogP contribution in [-0.4, -0.2) is 23.5 Å². The maximum atomic E-state index is 6.11. The lowest BCUT2D eigenvalue weighted by atomic mass is 9.91. The summed E-state index contributed by atoms with van der Waals surface area (Å²) in [5.41, 5.74) is 7.57. The molecule has 90 valence electrons. The van der Waals surface area contributed by atoms with Crippen molar-refractivity contribution < 1.29 is 0 Å². The number of hydrogen-bond acceptors (Lipinski definition) is 3. The standard InChI is InChI=1S/C13H20N2.H3N/c1-13(14)7-9-15(10-8-13)11-12-5-3-2-4-6-12;/h2-6H,7-11,14H2,1H3;1H3. The van der Waals surface area contributed by atoms with Crippen molar-refractivity contribution in [3.63, 3.8) is 0 Å². The molecule has 2 rings (SSSR count). The Morgan fingerprint density at radius 1 is 1.19 bits per heavy atom. The van der Waals surface area contributed by atoms with E-state index >= 15 is 0 Å². The van der Waals surface area contributed by atoms with Gasteiger partial charge in [0.05, 0.1) is 0 Å². The monoisotopic (exact) mass is 221 g/mol. The van der Waals surface area contributed by atoms with Crippen LogP contribution in [0.5, 0.6) is 0 Å². The summed E-state index contributed by atoms with van der Waals surface area (Å²) >= 11 is 0. The number of piperidine rings is 1. The molecule has 1 aromatic carbocycles. The molecular weight excluding hydrogens is 198 g/mol. The van der Waals surface area contributed by atoms with Gasteiger partial charge in [-0.05, 0) is 25.3 Å². The van der Waals surface area contributed by atoms with Gasteiger partial charge in [0.25, 0.3) is 0 Å². The summed E-state index contributed by atoms with van der Waals surface area (Å²) in [5.74, 6) is 0. The number of benzene rings is 1. The molecule has 0 spiro atoms. The van der Waals surface area contributed by atoms with E-state index in [1.165, 1.54) is 5.56 Å². The number of hydrogen-bond donors (Lipinski definition) is 2. The van der Waals surface area contributed by atoms with E-state index in [2.05, 4.69) is 42.2 Å². The van der Waals surface area contributed by atoms with Crippen LogP contribution in [0.25, 0.3) is 0 Å². The van der Waals surface area contributed by atoms with Gasteiger partial charge < -0.3 is 11.9 Å².